The van der Waals surface area contributed by atoms with Crippen molar-refractivity contribution in [2.75, 3.05) is 14.2 Å². The first-order valence-electron chi connectivity index (χ1n) is 8.51. The Bertz CT molecular complexity index is 470. The van der Waals surface area contributed by atoms with E-state index in [-0.39, 0.29) is 12.2 Å². The average molecular weight is 322 g/mol. The summed E-state index contributed by atoms with van der Waals surface area (Å²) in [5, 5.41) is 9.91. The SMILES string of the molecule is CCCCCCC(O)CC(=O)CCc1ccc(OC)c(OC)c1. The third-order valence-corrected chi connectivity index (χ3v) is 3.99. The van der Waals surface area contributed by atoms with Crippen molar-refractivity contribution in [2.45, 2.75) is 64.4 Å². The molecule has 0 saturated heterocycles. The minimum absolute atomic E-state index is 0.114. The number of benzene rings is 1. The maximum atomic E-state index is 12.0. The van der Waals surface area contributed by atoms with Crippen LogP contribution >= 0.6 is 0 Å². The van der Waals surface area contributed by atoms with Crippen molar-refractivity contribution >= 4 is 5.78 Å². The van der Waals surface area contributed by atoms with E-state index in [1.165, 1.54) is 12.8 Å². The van der Waals surface area contributed by atoms with Crippen molar-refractivity contribution in [3.8, 4) is 11.5 Å². The molecule has 1 N–H and O–H groups in total. The van der Waals surface area contributed by atoms with E-state index >= 15 is 0 Å². The van der Waals surface area contributed by atoms with Crippen LogP contribution < -0.4 is 9.47 Å². The molecule has 23 heavy (non-hydrogen) atoms. The lowest BCUT2D eigenvalue weighted by Crippen LogP contribution is -2.14. The highest BCUT2D eigenvalue weighted by Gasteiger charge is 2.11. The number of Topliss-reactive ketones (excluding diaryl/α,β-unsaturated/α-hetero) is 1. The van der Waals surface area contributed by atoms with Crippen molar-refractivity contribution in [3.63, 3.8) is 0 Å². The number of hydrogen-bond donors (Lipinski definition) is 1. The summed E-state index contributed by atoms with van der Waals surface area (Å²) in [6.45, 7) is 2.16. The summed E-state index contributed by atoms with van der Waals surface area (Å²) in [4.78, 5) is 12.0. The van der Waals surface area contributed by atoms with E-state index < -0.39 is 6.10 Å². The van der Waals surface area contributed by atoms with Crippen LogP contribution in [-0.2, 0) is 11.2 Å². The number of methoxy groups -OCH3 is 2. The number of ketones is 1. The Morgan fingerprint density at radius 2 is 1.87 bits per heavy atom. The summed E-state index contributed by atoms with van der Waals surface area (Å²) < 4.78 is 10.5. The molecule has 0 saturated carbocycles. The highest BCUT2D eigenvalue weighted by Crippen LogP contribution is 2.28. The van der Waals surface area contributed by atoms with Crippen molar-refractivity contribution in [1.29, 1.82) is 0 Å². The minimum Gasteiger partial charge on any atom is -0.493 e. The van der Waals surface area contributed by atoms with Gasteiger partial charge in [-0.15, -0.1) is 0 Å². The molecule has 1 aromatic rings. The second-order valence-electron chi connectivity index (χ2n) is 5.94. The molecule has 4 nitrogen and oxygen atoms in total. The molecule has 0 aromatic heterocycles. The molecule has 130 valence electrons. The van der Waals surface area contributed by atoms with Gasteiger partial charge in [-0.2, -0.15) is 0 Å². The Kier molecular flexibility index (Phi) is 9.37. The molecular formula is C19H30O4. The molecule has 1 aromatic carbocycles. The van der Waals surface area contributed by atoms with Gasteiger partial charge < -0.3 is 14.6 Å². The summed E-state index contributed by atoms with van der Waals surface area (Å²) in [5.74, 6) is 1.47. The molecule has 0 aliphatic rings. The molecule has 0 bridgehead atoms. The van der Waals surface area contributed by atoms with Crippen LogP contribution in [0.25, 0.3) is 0 Å². The molecule has 1 rings (SSSR count). The molecule has 0 radical (unpaired) electrons. The largest absolute Gasteiger partial charge is 0.493 e. The fourth-order valence-electron chi connectivity index (χ4n) is 2.59. The Labute approximate surface area is 139 Å². The maximum Gasteiger partial charge on any atom is 0.160 e. The van der Waals surface area contributed by atoms with Gasteiger partial charge in [0.25, 0.3) is 0 Å². The van der Waals surface area contributed by atoms with Crippen molar-refractivity contribution in [1.82, 2.24) is 0 Å². The standard InChI is InChI=1S/C19H30O4/c1-4-5-6-7-8-16(20)14-17(21)11-9-15-10-12-18(22-2)19(13-15)23-3/h10,12-13,16,20H,4-9,11,14H2,1-3H3. The predicted molar refractivity (Wildman–Crippen MR) is 92.3 cm³/mol. The number of aliphatic hydroxyl groups excluding tert-OH is 1. The zero-order chi connectivity index (χ0) is 17.1. The minimum atomic E-state index is -0.496. The van der Waals surface area contributed by atoms with Gasteiger partial charge in [0.1, 0.15) is 5.78 Å². The first-order valence-corrected chi connectivity index (χ1v) is 8.51. The van der Waals surface area contributed by atoms with Crippen LogP contribution in [0.1, 0.15) is 57.4 Å². The van der Waals surface area contributed by atoms with Gasteiger partial charge in [-0.1, -0.05) is 38.7 Å². The molecule has 0 amide bonds. The highest BCUT2D eigenvalue weighted by molar-refractivity contribution is 5.79. The second-order valence-corrected chi connectivity index (χ2v) is 5.94. The quantitative estimate of drug-likeness (QED) is 0.592. The molecule has 0 aliphatic heterocycles. The number of carbonyl (C=O) groups is 1. The molecule has 1 unspecified atom stereocenters. The van der Waals surface area contributed by atoms with E-state index in [1.807, 2.05) is 18.2 Å². The van der Waals surface area contributed by atoms with Crippen molar-refractivity contribution in [2.24, 2.45) is 0 Å². The van der Waals surface area contributed by atoms with Gasteiger partial charge in [-0.25, -0.2) is 0 Å². The summed E-state index contributed by atoms with van der Waals surface area (Å²) in [5.41, 5.74) is 1.04. The van der Waals surface area contributed by atoms with Gasteiger partial charge in [-0.05, 0) is 30.5 Å². The highest BCUT2D eigenvalue weighted by atomic mass is 16.5. The number of carbonyl (C=O) groups excluding carboxylic acids is 1. The Hall–Kier alpha value is -1.55. The molecule has 0 heterocycles. The molecule has 0 fully saturated rings. The van der Waals surface area contributed by atoms with Crippen molar-refractivity contribution in [3.05, 3.63) is 23.8 Å². The summed E-state index contributed by atoms with van der Waals surface area (Å²) in [7, 11) is 3.20. The molecular weight excluding hydrogens is 292 g/mol. The third kappa shape index (κ3) is 7.51. The van der Waals surface area contributed by atoms with E-state index in [1.54, 1.807) is 14.2 Å². The topological polar surface area (TPSA) is 55.8 Å². The molecule has 4 heteroatoms. The van der Waals surface area contributed by atoms with Crippen molar-refractivity contribution < 1.29 is 19.4 Å². The average Bonchev–Trinajstić information content (AvgIpc) is 2.56. The Morgan fingerprint density at radius 1 is 1.13 bits per heavy atom. The fourth-order valence-corrected chi connectivity index (χ4v) is 2.59. The first-order chi connectivity index (χ1) is 11.1. The van der Waals surface area contributed by atoms with Crippen LogP contribution in [0.3, 0.4) is 0 Å². The zero-order valence-corrected chi connectivity index (χ0v) is 14.6. The number of aryl methyl sites for hydroxylation is 1. The van der Waals surface area contributed by atoms with E-state index in [2.05, 4.69) is 6.92 Å². The number of hydrogen-bond acceptors (Lipinski definition) is 4. The normalized spacial score (nSPS) is 12.0. The van der Waals surface area contributed by atoms with E-state index in [4.69, 9.17) is 9.47 Å². The van der Waals surface area contributed by atoms with Gasteiger partial charge in [-0.3, -0.25) is 4.79 Å². The first kappa shape index (κ1) is 19.5. The number of ether oxygens (including phenoxy) is 2. The summed E-state index contributed by atoms with van der Waals surface area (Å²) in [6, 6.07) is 5.68. The van der Waals surface area contributed by atoms with E-state index in [0.717, 1.165) is 24.8 Å². The van der Waals surface area contributed by atoms with Crippen LogP contribution in [0, 0.1) is 0 Å². The third-order valence-electron chi connectivity index (χ3n) is 3.99. The maximum absolute atomic E-state index is 12.0. The number of unbranched alkanes of at least 4 members (excludes halogenated alkanes) is 3. The van der Waals surface area contributed by atoms with Crippen LogP contribution in [0.4, 0.5) is 0 Å². The van der Waals surface area contributed by atoms with E-state index in [0.29, 0.717) is 24.3 Å². The monoisotopic (exact) mass is 322 g/mol. The summed E-state index contributed by atoms with van der Waals surface area (Å²) in [6.07, 6.45) is 6.10. The lowest BCUT2D eigenvalue weighted by atomic mass is 10.0. The van der Waals surface area contributed by atoms with E-state index in [9.17, 15) is 9.90 Å². The number of rotatable bonds is 12. The number of aliphatic hydroxyl groups is 1. The molecule has 1 atom stereocenters. The van der Waals surface area contributed by atoms with Crippen LogP contribution in [0.15, 0.2) is 18.2 Å². The fraction of sp³-hybridized carbons (Fsp3) is 0.632. The van der Waals surface area contributed by atoms with Gasteiger partial charge in [0, 0.05) is 12.8 Å². The Morgan fingerprint density at radius 3 is 2.52 bits per heavy atom. The van der Waals surface area contributed by atoms with Crippen LogP contribution in [0.5, 0.6) is 11.5 Å². The van der Waals surface area contributed by atoms with Gasteiger partial charge in [0.05, 0.1) is 20.3 Å². The summed E-state index contributed by atoms with van der Waals surface area (Å²) >= 11 is 0. The Balaban J connectivity index is 2.35. The zero-order valence-electron chi connectivity index (χ0n) is 14.6. The van der Waals surface area contributed by atoms with Gasteiger partial charge >= 0.3 is 0 Å². The predicted octanol–water partition coefficient (Wildman–Crippen LogP) is 3.93. The molecule has 0 aliphatic carbocycles. The van der Waals surface area contributed by atoms with Crippen LogP contribution in [0.2, 0.25) is 0 Å². The lowest BCUT2D eigenvalue weighted by molar-refractivity contribution is -0.121. The molecule has 0 spiro atoms. The second kappa shape index (κ2) is 11.1. The van der Waals surface area contributed by atoms with Gasteiger partial charge in [0.2, 0.25) is 0 Å². The smallest absolute Gasteiger partial charge is 0.160 e. The van der Waals surface area contributed by atoms with Crippen LogP contribution in [-0.4, -0.2) is 31.2 Å². The van der Waals surface area contributed by atoms with Gasteiger partial charge in [0.15, 0.2) is 11.5 Å². The lowest BCUT2D eigenvalue weighted by Gasteiger charge is -2.11.